The van der Waals surface area contributed by atoms with E-state index in [2.05, 4.69) is 10.0 Å². The van der Waals surface area contributed by atoms with Gasteiger partial charge in [-0.1, -0.05) is 6.07 Å². The van der Waals surface area contributed by atoms with Gasteiger partial charge >= 0.3 is 0 Å². The number of carbonyl (C=O) groups excluding carboxylic acids is 2. The first-order valence-corrected chi connectivity index (χ1v) is 9.39. The van der Waals surface area contributed by atoms with E-state index in [4.69, 9.17) is 0 Å². The number of amides is 2. The van der Waals surface area contributed by atoms with E-state index in [1.165, 1.54) is 0 Å². The van der Waals surface area contributed by atoms with Crippen molar-refractivity contribution in [1.29, 1.82) is 0 Å². The van der Waals surface area contributed by atoms with Crippen LogP contribution in [-0.4, -0.2) is 44.0 Å². The molecule has 0 bridgehead atoms. The number of nitrogens with zero attached hydrogens (tertiary/aromatic N) is 1. The number of rotatable bonds is 5. The molecule has 1 aromatic carbocycles. The van der Waals surface area contributed by atoms with Gasteiger partial charge in [0.1, 0.15) is 0 Å². The predicted molar refractivity (Wildman–Crippen MR) is 86.4 cm³/mol. The molecule has 2 aliphatic rings. The van der Waals surface area contributed by atoms with E-state index >= 15 is 0 Å². The fourth-order valence-corrected chi connectivity index (χ4v) is 3.32. The highest BCUT2D eigenvalue weighted by Crippen LogP contribution is 2.33. The fourth-order valence-electron chi connectivity index (χ4n) is 2.77. The third-order valence-corrected chi connectivity index (χ3v) is 4.56. The van der Waals surface area contributed by atoms with E-state index in [-0.39, 0.29) is 24.2 Å². The zero-order valence-electron chi connectivity index (χ0n) is 12.8. The van der Waals surface area contributed by atoms with Crippen LogP contribution in [-0.2, 0) is 19.6 Å². The molecule has 0 spiro atoms. The molecule has 23 heavy (non-hydrogen) atoms. The van der Waals surface area contributed by atoms with Crippen molar-refractivity contribution in [2.45, 2.75) is 25.3 Å². The van der Waals surface area contributed by atoms with Gasteiger partial charge in [-0.3, -0.25) is 14.3 Å². The van der Waals surface area contributed by atoms with Crippen molar-refractivity contribution in [2.24, 2.45) is 5.92 Å². The average molecular weight is 337 g/mol. The smallest absolute Gasteiger partial charge is 0.229 e. The van der Waals surface area contributed by atoms with Crippen molar-refractivity contribution in [3.63, 3.8) is 0 Å². The Morgan fingerprint density at radius 1 is 1.26 bits per heavy atom. The Balaban J connectivity index is 1.64. The third kappa shape index (κ3) is 4.01. The zero-order chi connectivity index (χ0) is 16.6. The second-order valence-corrected chi connectivity index (χ2v) is 7.87. The number of likely N-dealkylation sites (tertiary alicyclic amines) is 1. The molecule has 7 nitrogen and oxygen atoms in total. The highest BCUT2D eigenvalue weighted by molar-refractivity contribution is 7.92. The van der Waals surface area contributed by atoms with Crippen LogP contribution in [0.5, 0.6) is 0 Å². The molecule has 0 aromatic heterocycles. The maximum atomic E-state index is 12.3. The fraction of sp³-hybridized carbons (Fsp3) is 0.467. The molecule has 124 valence electrons. The molecule has 1 aromatic rings. The molecule has 2 fully saturated rings. The largest absolute Gasteiger partial charge is 0.339 e. The Morgan fingerprint density at radius 3 is 2.61 bits per heavy atom. The second kappa shape index (κ2) is 5.84. The molecular weight excluding hydrogens is 318 g/mol. The average Bonchev–Trinajstić information content (AvgIpc) is 3.20. The van der Waals surface area contributed by atoms with Crippen LogP contribution in [0.25, 0.3) is 0 Å². The lowest BCUT2D eigenvalue weighted by Gasteiger charge is -2.15. The molecule has 1 saturated heterocycles. The lowest BCUT2D eigenvalue weighted by molar-refractivity contribution is -0.128. The summed E-state index contributed by atoms with van der Waals surface area (Å²) in [6.07, 6.45) is 3.36. The normalized spacial score (nSPS) is 21.3. The van der Waals surface area contributed by atoms with Gasteiger partial charge in [0.05, 0.1) is 17.9 Å². The molecule has 1 atom stereocenters. The topological polar surface area (TPSA) is 95.6 Å². The molecule has 1 aliphatic heterocycles. The van der Waals surface area contributed by atoms with Crippen LogP contribution < -0.4 is 10.0 Å². The number of nitrogens with one attached hydrogen (secondary N) is 2. The van der Waals surface area contributed by atoms with Gasteiger partial charge in [0.25, 0.3) is 0 Å². The van der Waals surface area contributed by atoms with Crippen LogP contribution in [0.4, 0.5) is 11.4 Å². The minimum atomic E-state index is -3.37. The maximum Gasteiger partial charge on any atom is 0.229 e. The van der Waals surface area contributed by atoms with Crippen LogP contribution in [0.3, 0.4) is 0 Å². The summed E-state index contributed by atoms with van der Waals surface area (Å²) in [5.41, 5.74) is 0.883. The van der Waals surface area contributed by atoms with Crippen molar-refractivity contribution >= 4 is 33.2 Å². The first kappa shape index (κ1) is 15.8. The molecule has 1 aliphatic carbocycles. The Morgan fingerprint density at radius 2 is 1.96 bits per heavy atom. The molecule has 1 heterocycles. The lowest BCUT2D eigenvalue weighted by Crippen LogP contribution is -2.29. The minimum absolute atomic E-state index is 0.0418. The summed E-state index contributed by atoms with van der Waals surface area (Å²) in [6, 6.07) is 6.81. The van der Waals surface area contributed by atoms with Gasteiger partial charge < -0.3 is 10.2 Å². The minimum Gasteiger partial charge on any atom is -0.339 e. The van der Waals surface area contributed by atoms with Gasteiger partial charge in [-0.25, -0.2) is 8.42 Å². The number of anilines is 2. The molecule has 1 saturated carbocycles. The van der Waals surface area contributed by atoms with E-state index in [1.54, 1.807) is 29.2 Å². The summed E-state index contributed by atoms with van der Waals surface area (Å²) in [5, 5.41) is 2.76. The number of hydrogen-bond acceptors (Lipinski definition) is 4. The van der Waals surface area contributed by atoms with Gasteiger partial charge in [0.15, 0.2) is 0 Å². The molecule has 8 heteroatoms. The Labute approximate surface area is 135 Å². The monoisotopic (exact) mass is 337 g/mol. The molecule has 2 N–H and O–H groups in total. The van der Waals surface area contributed by atoms with Crippen LogP contribution in [0.1, 0.15) is 19.3 Å². The quantitative estimate of drug-likeness (QED) is 0.838. The second-order valence-electron chi connectivity index (χ2n) is 6.12. The summed E-state index contributed by atoms with van der Waals surface area (Å²) in [7, 11) is -3.37. The lowest BCUT2D eigenvalue weighted by atomic mass is 10.1. The van der Waals surface area contributed by atoms with E-state index in [0.29, 0.717) is 24.0 Å². The molecule has 3 rings (SSSR count). The first-order valence-electron chi connectivity index (χ1n) is 7.50. The number of carbonyl (C=O) groups is 2. The molecule has 0 unspecified atom stereocenters. The van der Waals surface area contributed by atoms with Crippen LogP contribution in [0.15, 0.2) is 24.3 Å². The number of sulfonamides is 1. The molecule has 0 radical (unpaired) electrons. The van der Waals surface area contributed by atoms with Crippen LogP contribution in [0.2, 0.25) is 0 Å². The van der Waals surface area contributed by atoms with Crippen molar-refractivity contribution < 1.29 is 18.0 Å². The van der Waals surface area contributed by atoms with Gasteiger partial charge in [-0.15, -0.1) is 0 Å². The van der Waals surface area contributed by atoms with Crippen molar-refractivity contribution in [1.82, 2.24) is 4.90 Å². The van der Waals surface area contributed by atoms with E-state index in [0.717, 1.165) is 19.1 Å². The zero-order valence-corrected chi connectivity index (χ0v) is 13.6. The number of hydrogen-bond donors (Lipinski definition) is 2. The Bertz CT molecular complexity index is 743. The molecule has 2 amide bonds. The summed E-state index contributed by atoms with van der Waals surface area (Å²) in [4.78, 5) is 26.0. The van der Waals surface area contributed by atoms with Gasteiger partial charge in [-0.05, 0) is 31.0 Å². The van der Waals surface area contributed by atoms with Gasteiger partial charge in [0.2, 0.25) is 21.8 Å². The summed E-state index contributed by atoms with van der Waals surface area (Å²) in [6.45, 7) is 0.469. The standard InChI is InChI=1S/C15H19N3O4S/c1-23(21,22)17-12-4-2-3-11(8-12)16-15(20)10-7-14(19)18(9-10)13-5-6-13/h2-4,8,10,13,17H,5-7,9H2,1H3,(H,16,20)/t10-/m0/s1. The van der Waals surface area contributed by atoms with Crippen molar-refractivity contribution in [3.05, 3.63) is 24.3 Å². The van der Waals surface area contributed by atoms with Crippen LogP contribution >= 0.6 is 0 Å². The van der Waals surface area contributed by atoms with Gasteiger partial charge in [-0.2, -0.15) is 0 Å². The molecular formula is C15H19N3O4S. The van der Waals surface area contributed by atoms with E-state index < -0.39 is 10.0 Å². The van der Waals surface area contributed by atoms with Crippen molar-refractivity contribution in [3.8, 4) is 0 Å². The predicted octanol–water partition coefficient (Wildman–Crippen LogP) is 1.01. The summed E-state index contributed by atoms with van der Waals surface area (Å²) in [5.74, 6) is -0.521. The van der Waals surface area contributed by atoms with Crippen LogP contribution in [0, 0.1) is 5.92 Å². The highest BCUT2D eigenvalue weighted by Gasteiger charge is 2.41. The third-order valence-electron chi connectivity index (χ3n) is 3.95. The highest BCUT2D eigenvalue weighted by atomic mass is 32.2. The maximum absolute atomic E-state index is 12.3. The first-order chi connectivity index (χ1) is 10.8. The van der Waals surface area contributed by atoms with E-state index in [1.807, 2.05) is 0 Å². The number of benzene rings is 1. The summed E-state index contributed by atoms with van der Waals surface area (Å²) < 4.78 is 24.8. The Hall–Kier alpha value is -2.09. The SMILES string of the molecule is CS(=O)(=O)Nc1cccc(NC(=O)[C@H]2CC(=O)N(C3CC3)C2)c1. The van der Waals surface area contributed by atoms with Gasteiger partial charge in [0, 0.05) is 24.7 Å². The van der Waals surface area contributed by atoms with E-state index in [9.17, 15) is 18.0 Å². The Kier molecular flexibility index (Phi) is 4.01. The summed E-state index contributed by atoms with van der Waals surface area (Å²) >= 11 is 0. The van der Waals surface area contributed by atoms with Crippen molar-refractivity contribution in [2.75, 3.05) is 22.8 Å².